The molecule has 0 amide bonds. The third kappa shape index (κ3) is 3.87. The summed E-state index contributed by atoms with van der Waals surface area (Å²) in [7, 11) is 0. The van der Waals surface area contributed by atoms with Gasteiger partial charge in [-0.05, 0) is 37.3 Å². The Morgan fingerprint density at radius 3 is 2.84 bits per heavy atom. The Morgan fingerprint density at radius 2 is 2.21 bits per heavy atom. The minimum atomic E-state index is -0.274. The van der Waals surface area contributed by atoms with Crippen LogP contribution in [0, 0.1) is 5.92 Å². The summed E-state index contributed by atoms with van der Waals surface area (Å²) in [5, 5.41) is 0.413. The standard InChI is InChI=1S/C15H19ClO3/c1-2-5-14(17)19-15-12(16)8-4-9-13(15)18-10-11-6-3-7-11/h4,8-9,11H,2-3,5-7,10H2,1H3. The van der Waals surface area contributed by atoms with Crippen molar-refractivity contribution < 1.29 is 14.3 Å². The van der Waals surface area contributed by atoms with Crippen LogP contribution in [0.1, 0.15) is 39.0 Å². The monoisotopic (exact) mass is 282 g/mol. The maximum absolute atomic E-state index is 11.6. The van der Waals surface area contributed by atoms with Crippen molar-refractivity contribution in [2.75, 3.05) is 6.61 Å². The maximum Gasteiger partial charge on any atom is 0.311 e. The number of para-hydroxylation sites is 1. The van der Waals surface area contributed by atoms with Crippen LogP contribution in [-0.2, 0) is 4.79 Å². The van der Waals surface area contributed by atoms with Gasteiger partial charge in [0.15, 0.2) is 11.5 Å². The van der Waals surface area contributed by atoms with Crippen LogP contribution in [0.3, 0.4) is 0 Å². The van der Waals surface area contributed by atoms with Gasteiger partial charge in [0.25, 0.3) is 0 Å². The number of halogens is 1. The Kier molecular flexibility index (Phi) is 5.08. The summed E-state index contributed by atoms with van der Waals surface area (Å²) in [6.45, 7) is 2.60. The fourth-order valence-electron chi connectivity index (χ4n) is 1.94. The summed E-state index contributed by atoms with van der Waals surface area (Å²) < 4.78 is 11.0. The van der Waals surface area contributed by atoms with Crippen LogP contribution < -0.4 is 9.47 Å². The number of esters is 1. The molecule has 0 aliphatic heterocycles. The Labute approximate surface area is 118 Å². The third-order valence-electron chi connectivity index (χ3n) is 3.30. The topological polar surface area (TPSA) is 35.5 Å². The van der Waals surface area contributed by atoms with E-state index in [0.717, 1.165) is 6.42 Å². The highest BCUT2D eigenvalue weighted by Gasteiger charge is 2.20. The van der Waals surface area contributed by atoms with Crippen molar-refractivity contribution in [3.05, 3.63) is 23.2 Å². The average molecular weight is 283 g/mol. The number of benzene rings is 1. The molecule has 0 bridgehead atoms. The first-order chi connectivity index (χ1) is 9.20. The van der Waals surface area contributed by atoms with Gasteiger partial charge in [-0.3, -0.25) is 4.79 Å². The zero-order valence-corrected chi connectivity index (χ0v) is 11.9. The van der Waals surface area contributed by atoms with Crippen LogP contribution in [-0.4, -0.2) is 12.6 Å². The van der Waals surface area contributed by atoms with Gasteiger partial charge in [0, 0.05) is 6.42 Å². The van der Waals surface area contributed by atoms with Crippen LogP contribution in [0.2, 0.25) is 5.02 Å². The first-order valence-electron chi connectivity index (χ1n) is 6.82. The summed E-state index contributed by atoms with van der Waals surface area (Å²) in [4.78, 5) is 11.6. The molecule has 1 saturated carbocycles. The van der Waals surface area contributed by atoms with Gasteiger partial charge in [0.1, 0.15) is 0 Å². The van der Waals surface area contributed by atoms with Gasteiger partial charge in [-0.1, -0.05) is 31.0 Å². The van der Waals surface area contributed by atoms with Crippen molar-refractivity contribution in [3.63, 3.8) is 0 Å². The summed E-state index contributed by atoms with van der Waals surface area (Å²) in [6, 6.07) is 5.29. The molecule has 0 saturated heterocycles. The van der Waals surface area contributed by atoms with Crippen LogP contribution in [0.4, 0.5) is 0 Å². The maximum atomic E-state index is 11.6. The van der Waals surface area contributed by atoms with Crippen molar-refractivity contribution in [2.45, 2.75) is 39.0 Å². The number of hydrogen-bond acceptors (Lipinski definition) is 3. The highest BCUT2D eigenvalue weighted by Crippen LogP contribution is 2.36. The zero-order valence-electron chi connectivity index (χ0n) is 11.2. The predicted molar refractivity (Wildman–Crippen MR) is 74.8 cm³/mol. The molecule has 3 nitrogen and oxygen atoms in total. The molecule has 1 aliphatic carbocycles. The predicted octanol–water partition coefficient (Wildman–Crippen LogP) is 4.22. The number of carbonyl (C=O) groups is 1. The summed E-state index contributed by atoms with van der Waals surface area (Å²) in [6.07, 6.45) is 4.84. The minimum absolute atomic E-state index is 0.274. The molecule has 1 aromatic rings. The molecule has 0 radical (unpaired) electrons. The Morgan fingerprint density at radius 1 is 1.42 bits per heavy atom. The smallest absolute Gasteiger partial charge is 0.311 e. The first-order valence-corrected chi connectivity index (χ1v) is 7.20. The lowest BCUT2D eigenvalue weighted by molar-refractivity contribution is -0.134. The Balaban J connectivity index is 2.03. The molecule has 1 fully saturated rings. The molecular weight excluding hydrogens is 264 g/mol. The van der Waals surface area contributed by atoms with Crippen molar-refractivity contribution in [1.82, 2.24) is 0 Å². The van der Waals surface area contributed by atoms with Crippen molar-refractivity contribution >= 4 is 17.6 Å². The molecule has 0 unspecified atom stereocenters. The molecule has 0 spiro atoms. The molecule has 1 aliphatic rings. The molecule has 104 valence electrons. The number of carbonyl (C=O) groups excluding carboxylic acids is 1. The SMILES string of the molecule is CCCC(=O)Oc1c(Cl)cccc1OCC1CCC1. The fraction of sp³-hybridized carbons (Fsp3) is 0.533. The van der Waals surface area contributed by atoms with Gasteiger partial charge in [-0.15, -0.1) is 0 Å². The van der Waals surface area contributed by atoms with E-state index in [0.29, 0.717) is 35.5 Å². The van der Waals surface area contributed by atoms with Crippen LogP contribution in [0.15, 0.2) is 18.2 Å². The fourth-order valence-corrected chi connectivity index (χ4v) is 2.14. The molecule has 0 N–H and O–H groups in total. The number of ether oxygens (including phenoxy) is 2. The van der Waals surface area contributed by atoms with Gasteiger partial charge in [0.2, 0.25) is 0 Å². The average Bonchev–Trinajstić information content (AvgIpc) is 2.31. The van der Waals surface area contributed by atoms with E-state index < -0.39 is 0 Å². The quantitative estimate of drug-likeness (QED) is 0.579. The molecule has 1 aromatic carbocycles. The van der Waals surface area contributed by atoms with E-state index in [9.17, 15) is 4.79 Å². The lowest BCUT2D eigenvalue weighted by Gasteiger charge is -2.25. The van der Waals surface area contributed by atoms with Gasteiger partial charge >= 0.3 is 5.97 Å². The van der Waals surface area contributed by atoms with Crippen LogP contribution in [0.5, 0.6) is 11.5 Å². The highest BCUT2D eigenvalue weighted by atomic mass is 35.5. The molecule has 2 rings (SSSR count). The van der Waals surface area contributed by atoms with Crippen molar-refractivity contribution in [1.29, 1.82) is 0 Å². The zero-order chi connectivity index (χ0) is 13.7. The summed E-state index contributed by atoms with van der Waals surface area (Å²) in [5.41, 5.74) is 0. The van der Waals surface area contributed by atoms with E-state index in [1.807, 2.05) is 6.92 Å². The lowest BCUT2D eigenvalue weighted by Crippen LogP contribution is -2.19. The largest absolute Gasteiger partial charge is 0.489 e. The van der Waals surface area contributed by atoms with Gasteiger partial charge in [-0.2, -0.15) is 0 Å². The van der Waals surface area contributed by atoms with E-state index in [-0.39, 0.29) is 5.97 Å². The molecule has 0 atom stereocenters. The van der Waals surface area contributed by atoms with E-state index in [4.69, 9.17) is 21.1 Å². The number of hydrogen-bond donors (Lipinski definition) is 0. The Bertz CT molecular complexity index is 441. The normalized spacial score (nSPS) is 14.8. The second-order valence-corrected chi connectivity index (χ2v) is 5.31. The second kappa shape index (κ2) is 6.80. The van der Waals surface area contributed by atoms with Crippen LogP contribution >= 0.6 is 11.6 Å². The minimum Gasteiger partial charge on any atom is -0.489 e. The second-order valence-electron chi connectivity index (χ2n) is 4.90. The van der Waals surface area contributed by atoms with Gasteiger partial charge in [-0.25, -0.2) is 0 Å². The lowest BCUT2D eigenvalue weighted by atomic mass is 9.86. The molecule has 19 heavy (non-hydrogen) atoms. The summed E-state index contributed by atoms with van der Waals surface area (Å²) in [5.74, 6) is 1.26. The first kappa shape index (κ1) is 14.2. The Hall–Kier alpha value is -1.22. The van der Waals surface area contributed by atoms with Gasteiger partial charge < -0.3 is 9.47 Å². The van der Waals surface area contributed by atoms with E-state index in [1.165, 1.54) is 19.3 Å². The van der Waals surface area contributed by atoms with Crippen molar-refractivity contribution in [2.24, 2.45) is 5.92 Å². The number of rotatable bonds is 6. The van der Waals surface area contributed by atoms with Gasteiger partial charge in [0.05, 0.1) is 11.6 Å². The molecular formula is C15H19ClO3. The van der Waals surface area contributed by atoms with Crippen LogP contribution in [0.25, 0.3) is 0 Å². The molecule has 0 aromatic heterocycles. The molecule has 4 heteroatoms. The van der Waals surface area contributed by atoms with E-state index in [1.54, 1.807) is 18.2 Å². The van der Waals surface area contributed by atoms with E-state index in [2.05, 4.69) is 0 Å². The summed E-state index contributed by atoms with van der Waals surface area (Å²) >= 11 is 6.08. The van der Waals surface area contributed by atoms with Crippen molar-refractivity contribution in [3.8, 4) is 11.5 Å². The van der Waals surface area contributed by atoms with E-state index >= 15 is 0 Å². The highest BCUT2D eigenvalue weighted by molar-refractivity contribution is 6.32. The molecule has 0 heterocycles. The third-order valence-corrected chi connectivity index (χ3v) is 3.60.